The van der Waals surface area contributed by atoms with Gasteiger partial charge in [-0.25, -0.2) is 9.78 Å². The van der Waals surface area contributed by atoms with Gasteiger partial charge in [-0.3, -0.25) is 4.79 Å². The topological polar surface area (TPSA) is 86.3 Å². The lowest BCUT2D eigenvalue weighted by atomic mass is 10.0. The van der Waals surface area contributed by atoms with E-state index in [2.05, 4.69) is 9.97 Å². The summed E-state index contributed by atoms with van der Waals surface area (Å²) in [4.78, 5) is 31.6. The van der Waals surface area contributed by atoms with E-state index in [9.17, 15) is 14.7 Å². The number of nitrogens with zero attached hydrogens (tertiary/aromatic N) is 2. The van der Waals surface area contributed by atoms with Crippen LogP contribution in [0.2, 0.25) is 0 Å². The van der Waals surface area contributed by atoms with Crippen LogP contribution >= 0.6 is 0 Å². The number of H-pyrrole nitrogens is 1. The van der Waals surface area contributed by atoms with Crippen molar-refractivity contribution in [1.82, 2.24) is 14.9 Å². The van der Waals surface area contributed by atoms with Crippen molar-refractivity contribution in [2.45, 2.75) is 25.3 Å². The van der Waals surface area contributed by atoms with Gasteiger partial charge in [-0.2, -0.15) is 0 Å². The van der Waals surface area contributed by atoms with E-state index in [4.69, 9.17) is 0 Å². The van der Waals surface area contributed by atoms with Crippen LogP contribution in [0.25, 0.3) is 11.1 Å². The highest BCUT2D eigenvalue weighted by molar-refractivity contribution is 5.95. The molecule has 1 aliphatic rings. The summed E-state index contributed by atoms with van der Waals surface area (Å²) in [7, 11) is 0. The predicted molar refractivity (Wildman–Crippen MR) is 86.1 cm³/mol. The fourth-order valence-corrected chi connectivity index (χ4v) is 2.93. The maximum absolute atomic E-state index is 12.6. The quantitative estimate of drug-likeness (QED) is 0.897. The van der Waals surface area contributed by atoms with Gasteiger partial charge in [0.05, 0.1) is 12.6 Å². The van der Waals surface area contributed by atoms with Gasteiger partial charge in [-0.1, -0.05) is 12.1 Å². The molecule has 0 radical (unpaired) electrons. The second kappa shape index (κ2) is 6.75. The number of aromatic nitrogens is 2. The number of hydrogen-bond acceptors (Lipinski definition) is 4. The summed E-state index contributed by atoms with van der Waals surface area (Å²) in [6.07, 6.45) is 5.97. The molecule has 1 atom stereocenters. The smallest absolute Gasteiger partial charge is 0.344 e. The van der Waals surface area contributed by atoms with Crippen LogP contribution in [0.1, 0.15) is 29.6 Å². The minimum absolute atomic E-state index is 0.00682. The number of carbonyl (C=O) groups excluding carboxylic acids is 1. The van der Waals surface area contributed by atoms with Crippen molar-refractivity contribution in [2.24, 2.45) is 0 Å². The Labute approximate surface area is 133 Å². The molecule has 6 nitrogen and oxygen atoms in total. The van der Waals surface area contributed by atoms with E-state index in [-0.39, 0.29) is 24.2 Å². The zero-order valence-corrected chi connectivity index (χ0v) is 12.7. The van der Waals surface area contributed by atoms with E-state index in [1.54, 1.807) is 23.2 Å². The van der Waals surface area contributed by atoms with E-state index in [1.165, 1.54) is 6.20 Å². The first kappa shape index (κ1) is 15.4. The minimum atomic E-state index is -0.388. The SMILES string of the molecule is O=C(c1ccc(-c2cnc(=O)[nH]c2)cc1)N1CCCCC1CO. The van der Waals surface area contributed by atoms with Gasteiger partial charge in [0.15, 0.2) is 0 Å². The number of nitrogens with one attached hydrogen (secondary N) is 1. The predicted octanol–water partition coefficient (Wildman–Crippen LogP) is 1.42. The molecule has 3 rings (SSSR count). The summed E-state index contributed by atoms with van der Waals surface area (Å²) in [5.41, 5.74) is 1.88. The lowest BCUT2D eigenvalue weighted by Gasteiger charge is -2.34. The number of benzene rings is 1. The van der Waals surface area contributed by atoms with Gasteiger partial charge < -0.3 is 15.0 Å². The first-order valence-corrected chi connectivity index (χ1v) is 7.76. The van der Waals surface area contributed by atoms with Crippen LogP contribution in [0.4, 0.5) is 0 Å². The lowest BCUT2D eigenvalue weighted by Crippen LogP contribution is -2.45. The van der Waals surface area contributed by atoms with Crippen molar-refractivity contribution < 1.29 is 9.90 Å². The van der Waals surface area contributed by atoms with Crippen molar-refractivity contribution in [3.63, 3.8) is 0 Å². The summed E-state index contributed by atoms with van der Waals surface area (Å²) in [6, 6.07) is 7.12. The molecule has 0 bridgehead atoms. The highest BCUT2D eigenvalue weighted by Gasteiger charge is 2.26. The van der Waals surface area contributed by atoms with Crippen molar-refractivity contribution in [3.8, 4) is 11.1 Å². The van der Waals surface area contributed by atoms with Crippen LogP contribution < -0.4 is 5.69 Å². The van der Waals surface area contributed by atoms with Gasteiger partial charge in [0.1, 0.15) is 0 Å². The molecule has 1 saturated heterocycles. The lowest BCUT2D eigenvalue weighted by molar-refractivity contribution is 0.0503. The molecule has 2 heterocycles. The molecule has 2 N–H and O–H groups in total. The summed E-state index contributed by atoms with van der Waals surface area (Å²) in [5, 5.41) is 9.44. The van der Waals surface area contributed by atoms with Gasteiger partial charge in [-0.15, -0.1) is 0 Å². The molecule has 2 aromatic rings. The highest BCUT2D eigenvalue weighted by Crippen LogP contribution is 2.22. The normalized spacial score (nSPS) is 18.0. The van der Waals surface area contributed by atoms with E-state index in [0.717, 1.165) is 30.4 Å². The molecular weight excluding hydrogens is 294 g/mol. The number of hydrogen-bond donors (Lipinski definition) is 2. The van der Waals surface area contributed by atoms with Crippen LogP contribution in [0, 0.1) is 0 Å². The first-order valence-electron chi connectivity index (χ1n) is 7.76. The summed E-state index contributed by atoms with van der Waals surface area (Å²) >= 11 is 0. The molecular formula is C17H19N3O3. The van der Waals surface area contributed by atoms with Crippen molar-refractivity contribution in [3.05, 3.63) is 52.7 Å². The fourth-order valence-electron chi connectivity index (χ4n) is 2.93. The number of aliphatic hydroxyl groups excluding tert-OH is 1. The summed E-state index contributed by atoms with van der Waals surface area (Å²) in [5.74, 6) is -0.0464. The third kappa shape index (κ3) is 3.32. The van der Waals surface area contributed by atoms with Crippen LogP contribution in [0.5, 0.6) is 0 Å². The largest absolute Gasteiger partial charge is 0.394 e. The minimum Gasteiger partial charge on any atom is -0.394 e. The average Bonchev–Trinajstić information content (AvgIpc) is 2.62. The number of piperidine rings is 1. The summed E-state index contributed by atoms with van der Waals surface area (Å²) in [6.45, 7) is 0.697. The molecule has 1 fully saturated rings. The zero-order valence-electron chi connectivity index (χ0n) is 12.7. The third-order valence-electron chi connectivity index (χ3n) is 4.24. The second-order valence-corrected chi connectivity index (χ2v) is 5.72. The molecule has 1 unspecified atom stereocenters. The number of carbonyl (C=O) groups is 1. The molecule has 1 amide bonds. The average molecular weight is 313 g/mol. The maximum Gasteiger partial charge on any atom is 0.344 e. The van der Waals surface area contributed by atoms with Gasteiger partial charge in [-0.05, 0) is 37.0 Å². The zero-order chi connectivity index (χ0) is 16.2. The number of likely N-dealkylation sites (tertiary alicyclic amines) is 1. The van der Waals surface area contributed by atoms with Crippen molar-refractivity contribution >= 4 is 5.91 Å². The van der Waals surface area contributed by atoms with Crippen LogP contribution in [0.15, 0.2) is 41.5 Å². The maximum atomic E-state index is 12.6. The molecule has 6 heteroatoms. The van der Waals surface area contributed by atoms with E-state index in [0.29, 0.717) is 12.1 Å². The number of aliphatic hydroxyl groups is 1. The van der Waals surface area contributed by atoms with Gasteiger partial charge in [0.25, 0.3) is 5.91 Å². The molecule has 23 heavy (non-hydrogen) atoms. The molecule has 1 aromatic heterocycles. The fraction of sp³-hybridized carbons (Fsp3) is 0.353. The molecule has 0 spiro atoms. The van der Waals surface area contributed by atoms with Gasteiger partial charge in [0.2, 0.25) is 0 Å². The first-order chi connectivity index (χ1) is 11.2. The van der Waals surface area contributed by atoms with Crippen molar-refractivity contribution in [1.29, 1.82) is 0 Å². The van der Waals surface area contributed by atoms with Crippen LogP contribution in [-0.2, 0) is 0 Å². The second-order valence-electron chi connectivity index (χ2n) is 5.72. The Bertz CT molecular complexity index is 719. The Hall–Kier alpha value is -2.47. The monoisotopic (exact) mass is 313 g/mol. The molecule has 1 aromatic carbocycles. The van der Waals surface area contributed by atoms with E-state index in [1.807, 2.05) is 12.1 Å². The molecule has 0 aliphatic carbocycles. The van der Waals surface area contributed by atoms with Crippen molar-refractivity contribution in [2.75, 3.05) is 13.2 Å². The highest BCUT2D eigenvalue weighted by atomic mass is 16.3. The Kier molecular flexibility index (Phi) is 4.52. The number of rotatable bonds is 3. The van der Waals surface area contributed by atoms with Crippen LogP contribution in [0.3, 0.4) is 0 Å². The third-order valence-corrected chi connectivity index (χ3v) is 4.24. The van der Waals surface area contributed by atoms with E-state index >= 15 is 0 Å². The number of aromatic amines is 1. The Balaban J connectivity index is 1.79. The van der Waals surface area contributed by atoms with E-state index < -0.39 is 0 Å². The molecule has 120 valence electrons. The standard InChI is InChI=1S/C17H19N3O3/c21-11-15-3-1-2-8-20(15)16(22)13-6-4-12(5-7-13)14-9-18-17(23)19-10-14/h4-7,9-10,15,21H,1-3,8,11H2,(H,18,19,23). The Morgan fingerprint density at radius 2 is 2.04 bits per heavy atom. The Morgan fingerprint density at radius 3 is 2.70 bits per heavy atom. The summed E-state index contributed by atoms with van der Waals surface area (Å²) < 4.78 is 0. The van der Waals surface area contributed by atoms with Gasteiger partial charge in [0, 0.05) is 30.1 Å². The Morgan fingerprint density at radius 1 is 1.26 bits per heavy atom. The van der Waals surface area contributed by atoms with Crippen LogP contribution in [-0.4, -0.2) is 45.1 Å². The number of amides is 1. The molecule has 1 aliphatic heterocycles. The van der Waals surface area contributed by atoms with Gasteiger partial charge >= 0.3 is 5.69 Å². The molecule has 0 saturated carbocycles.